The average molecular weight is 463 g/mol. The summed E-state index contributed by atoms with van der Waals surface area (Å²) in [7, 11) is 0. The van der Waals surface area contributed by atoms with Gasteiger partial charge in [0.2, 0.25) is 5.78 Å². The van der Waals surface area contributed by atoms with Crippen molar-refractivity contribution in [1.29, 1.82) is 0 Å². The number of aromatic nitrogens is 2. The first-order valence-electron chi connectivity index (χ1n) is 9.53. The Labute approximate surface area is 182 Å². The molecule has 0 saturated carbocycles. The standard InChI is InChI=1S/C24H19BrN2O3/c1-3-30-24(29)19-12-22(23(28)16-7-9-18(25)10-8-16)27-14-26-20(13-21(19)27)17-6-4-5-15(2)11-17/h4-14H,3H2,1-2H3. The molecule has 0 N–H and O–H groups in total. The number of hydrogen-bond donors (Lipinski definition) is 0. The number of ether oxygens (including phenoxy) is 1. The maximum atomic E-state index is 13.1. The van der Waals surface area contributed by atoms with E-state index in [2.05, 4.69) is 20.9 Å². The molecule has 0 atom stereocenters. The van der Waals surface area contributed by atoms with Crippen molar-refractivity contribution in [3.8, 4) is 11.3 Å². The minimum absolute atomic E-state index is 0.196. The van der Waals surface area contributed by atoms with Crippen molar-refractivity contribution >= 4 is 33.2 Å². The number of nitrogens with zero attached hydrogens (tertiary/aromatic N) is 2. The molecule has 0 spiro atoms. The van der Waals surface area contributed by atoms with Crippen LogP contribution in [0.4, 0.5) is 0 Å². The third kappa shape index (κ3) is 3.78. The summed E-state index contributed by atoms with van der Waals surface area (Å²) < 4.78 is 7.76. The summed E-state index contributed by atoms with van der Waals surface area (Å²) >= 11 is 3.38. The lowest BCUT2D eigenvalue weighted by Gasteiger charge is -2.06. The summed E-state index contributed by atoms with van der Waals surface area (Å²) in [5.41, 5.74) is 4.58. The second-order valence-corrected chi connectivity index (χ2v) is 7.81. The van der Waals surface area contributed by atoms with E-state index in [0.29, 0.717) is 22.3 Å². The summed E-state index contributed by atoms with van der Waals surface area (Å²) in [4.78, 5) is 30.3. The molecule has 2 aromatic carbocycles. The van der Waals surface area contributed by atoms with Crippen LogP contribution in [-0.2, 0) is 4.74 Å². The van der Waals surface area contributed by atoms with Crippen LogP contribution in [0, 0.1) is 6.92 Å². The Bertz CT molecular complexity index is 1260. The lowest BCUT2D eigenvalue weighted by molar-refractivity contribution is 0.0529. The molecule has 150 valence electrons. The van der Waals surface area contributed by atoms with Gasteiger partial charge in [-0.2, -0.15) is 0 Å². The highest BCUT2D eigenvalue weighted by molar-refractivity contribution is 9.10. The van der Waals surface area contributed by atoms with E-state index in [1.807, 2.05) is 49.4 Å². The summed E-state index contributed by atoms with van der Waals surface area (Å²) in [6.45, 7) is 4.02. The van der Waals surface area contributed by atoms with Crippen molar-refractivity contribution in [3.63, 3.8) is 0 Å². The lowest BCUT2D eigenvalue weighted by Crippen LogP contribution is -2.05. The molecule has 0 aliphatic rings. The summed E-state index contributed by atoms with van der Waals surface area (Å²) in [5.74, 6) is -0.663. The molecule has 0 saturated heterocycles. The Morgan fingerprint density at radius 2 is 1.83 bits per heavy atom. The van der Waals surface area contributed by atoms with Crippen molar-refractivity contribution < 1.29 is 14.3 Å². The highest BCUT2D eigenvalue weighted by Gasteiger charge is 2.22. The zero-order chi connectivity index (χ0) is 21.3. The van der Waals surface area contributed by atoms with E-state index in [-0.39, 0.29) is 12.4 Å². The molecule has 6 heteroatoms. The van der Waals surface area contributed by atoms with Gasteiger partial charge < -0.3 is 4.74 Å². The molecule has 0 amide bonds. The first-order chi connectivity index (χ1) is 14.5. The monoisotopic (exact) mass is 462 g/mol. The summed E-state index contributed by atoms with van der Waals surface area (Å²) in [5, 5.41) is 0. The van der Waals surface area contributed by atoms with Crippen LogP contribution in [0.1, 0.15) is 38.9 Å². The first-order valence-corrected chi connectivity index (χ1v) is 10.3. The van der Waals surface area contributed by atoms with E-state index in [1.54, 1.807) is 35.9 Å². The number of rotatable bonds is 5. The number of ketones is 1. The number of hydrogen-bond acceptors (Lipinski definition) is 4. The van der Waals surface area contributed by atoms with Crippen molar-refractivity contribution in [3.05, 3.63) is 93.8 Å². The molecule has 0 unspecified atom stereocenters. The maximum Gasteiger partial charge on any atom is 0.340 e. The van der Waals surface area contributed by atoms with Gasteiger partial charge in [-0.25, -0.2) is 9.78 Å². The first kappa shape index (κ1) is 20.0. The fraction of sp³-hybridized carbons (Fsp3) is 0.125. The number of carbonyl (C=O) groups excluding carboxylic acids is 2. The van der Waals surface area contributed by atoms with Gasteiger partial charge >= 0.3 is 5.97 Å². The zero-order valence-corrected chi connectivity index (χ0v) is 18.1. The van der Waals surface area contributed by atoms with E-state index in [0.717, 1.165) is 21.3 Å². The Morgan fingerprint density at radius 3 is 2.53 bits per heavy atom. The molecular weight excluding hydrogens is 444 g/mol. The molecule has 30 heavy (non-hydrogen) atoms. The van der Waals surface area contributed by atoms with E-state index >= 15 is 0 Å². The Morgan fingerprint density at radius 1 is 1.07 bits per heavy atom. The molecule has 5 nitrogen and oxygen atoms in total. The van der Waals surface area contributed by atoms with Crippen LogP contribution in [0.2, 0.25) is 0 Å². The lowest BCUT2D eigenvalue weighted by atomic mass is 10.1. The van der Waals surface area contributed by atoms with Crippen molar-refractivity contribution in [2.45, 2.75) is 13.8 Å². The number of fused-ring (bicyclic) bond motifs is 1. The topological polar surface area (TPSA) is 60.7 Å². The molecular formula is C24H19BrN2O3. The Hall–Kier alpha value is -3.25. The molecule has 0 radical (unpaired) electrons. The summed E-state index contributed by atoms with van der Waals surface area (Å²) in [6.07, 6.45) is 1.59. The van der Waals surface area contributed by atoms with Gasteiger partial charge in [-0.15, -0.1) is 0 Å². The van der Waals surface area contributed by atoms with Gasteiger partial charge in [0.25, 0.3) is 0 Å². The molecule has 0 bridgehead atoms. The number of halogens is 1. The van der Waals surface area contributed by atoms with E-state index in [1.165, 1.54) is 0 Å². The fourth-order valence-corrected chi connectivity index (χ4v) is 3.62. The second kappa shape index (κ2) is 8.24. The van der Waals surface area contributed by atoms with Crippen molar-refractivity contribution in [2.24, 2.45) is 0 Å². The Kier molecular flexibility index (Phi) is 5.50. The third-order valence-electron chi connectivity index (χ3n) is 4.81. The van der Waals surface area contributed by atoms with E-state index in [4.69, 9.17) is 4.74 Å². The normalized spacial score (nSPS) is 10.9. The smallest absolute Gasteiger partial charge is 0.340 e. The average Bonchev–Trinajstić information content (AvgIpc) is 3.13. The predicted molar refractivity (Wildman–Crippen MR) is 119 cm³/mol. The van der Waals surface area contributed by atoms with Gasteiger partial charge in [0, 0.05) is 15.6 Å². The van der Waals surface area contributed by atoms with Crippen LogP contribution >= 0.6 is 15.9 Å². The third-order valence-corrected chi connectivity index (χ3v) is 5.34. The van der Waals surface area contributed by atoms with Crippen LogP contribution in [0.3, 0.4) is 0 Å². The Balaban J connectivity index is 1.88. The maximum absolute atomic E-state index is 13.1. The second-order valence-electron chi connectivity index (χ2n) is 6.90. The van der Waals surface area contributed by atoms with Crippen LogP contribution in [-0.4, -0.2) is 27.7 Å². The van der Waals surface area contributed by atoms with Gasteiger partial charge in [0.05, 0.1) is 29.1 Å². The van der Waals surface area contributed by atoms with E-state index < -0.39 is 5.97 Å². The minimum Gasteiger partial charge on any atom is -0.462 e. The van der Waals surface area contributed by atoms with Crippen LogP contribution in [0.5, 0.6) is 0 Å². The number of esters is 1. The van der Waals surface area contributed by atoms with Gasteiger partial charge in [0.15, 0.2) is 0 Å². The molecule has 0 aliphatic heterocycles. The fourth-order valence-electron chi connectivity index (χ4n) is 3.36. The minimum atomic E-state index is -0.466. The van der Waals surface area contributed by atoms with Gasteiger partial charge in [-0.05, 0) is 56.3 Å². The largest absolute Gasteiger partial charge is 0.462 e. The highest BCUT2D eigenvalue weighted by Crippen LogP contribution is 2.26. The van der Waals surface area contributed by atoms with Crippen LogP contribution < -0.4 is 0 Å². The van der Waals surface area contributed by atoms with Crippen molar-refractivity contribution in [2.75, 3.05) is 6.61 Å². The molecule has 4 rings (SSSR count). The molecule has 4 aromatic rings. The zero-order valence-electron chi connectivity index (χ0n) is 16.6. The molecule has 2 aromatic heterocycles. The highest BCUT2D eigenvalue weighted by atomic mass is 79.9. The molecule has 0 fully saturated rings. The van der Waals surface area contributed by atoms with Crippen LogP contribution in [0.15, 0.2) is 71.5 Å². The van der Waals surface area contributed by atoms with E-state index in [9.17, 15) is 9.59 Å². The van der Waals surface area contributed by atoms with Crippen LogP contribution in [0.25, 0.3) is 16.8 Å². The van der Waals surface area contributed by atoms with Gasteiger partial charge in [0.1, 0.15) is 6.33 Å². The quantitative estimate of drug-likeness (QED) is 0.291. The molecule has 2 heterocycles. The van der Waals surface area contributed by atoms with Gasteiger partial charge in [-0.3, -0.25) is 9.20 Å². The summed E-state index contributed by atoms with van der Waals surface area (Å²) in [6, 6.07) is 18.5. The molecule has 0 aliphatic carbocycles. The number of carbonyl (C=O) groups is 2. The SMILES string of the molecule is CCOC(=O)c1cc(C(=O)c2ccc(Br)cc2)n2cnc(-c3cccc(C)c3)cc12. The number of benzene rings is 2. The van der Waals surface area contributed by atoms with Crippen molar-refractivity contribution in [1.82, 2.24) is 9.38 Å². The number of aryl methyl sites for hydroxylation is 1. The van der Waals surface area contributed by atoms with Gasteiger partial charge in [-0.1, -0.05) is 39.7 Å². The predicted octanol–water partition coefficient (Wildman–Crippen LogP) is 5.48.